The molecule has 1 aromatic heterocycles. The number of nitrogens with zero attached hydrogens (tertiary/aromatic N) is 2. The van der Waals surface area contributed by atoms with Crippen molar-refractivity contribution in [2.75, 3.05) is 18.9 Å². The lowest BCUT2D eigenvalue weighted by molar-refractivity contribution is -0.133. The molecule has 0 unspecified atom stereocenters. The van der Waals surface area contributed by atoms with Crippen molar-refractivity contribution in [2.45, 2.75) is 27.3 Å². The van der Waals surface area contributed by atoms with Gasteiger partial charge in [-0.2, -0.15) is 0 Å². The van der Waals surface area contributed by atoms with E-state index in [9.17, 15) is 9.59 Å². The number of aryl methyl sites for hydroxylation is 3. The van der Waals surface area contributed by atoms with Gasteiger partial charge < -0.3 is 14.8 Å². The number of para-hydroxylation sites is 2. The summed E-state index contributed by atoms with van der Waals surface area (Å²) in [5, 5.41) is 4.03. The number of benzene rings is 2. The van der Waals surface area contributed by atoms with Gasteiger partial charge in [0.05, 0.1) is 6.54 Å². The smallest absolute Gasteiger partial charge is 0.243 e. The van der Waals surface area contributed by atoms with E-state index in [1.807, 2.05) is 67.8 Å². The lowest BCUT2D eigenvalue weighted by Gasteiger charge is -2.19. The highest BCUT2D eigenvalue weighted by Crippen LogP contribution is 2.20. The average Bonchev–Trinajstić information content (AvgIpc) is 2.94. The van der Waals surface area contributed by atoms with E-state index in [0.717, 1.165) is 33.4 Å². The van der Waals surface area contributed by atoms with E-state index in [1.165, 1.54) is 4.90 Å². The molecule has 2 amide bonds. The van der Waals surface area contributed by atoms with Gasteiger partial charge in [0.2, 0.25) is 11.8 Å². The summed E-state index contributed by atoms with van der Waals surface area (Å²) < 4.78 is 1.98. The second-order valence-electron chi connectivity index (χ2n) is 7.00. The van der Waals surface area contributed by atoms with Crippen LogP contribution >= 0.6 is 0 Å². The molecule has 140 valence electrons. The number of hydrogen-bond donors (Lipinski definition) is 1. The Labute approximate surface area is 159 Å². The Morgan fingerprint density at radius 3 is 2.37 bits per heavy atom. The quantitative estimate of drug-likeness (QED) is 0.752. The van der Waals surface area contributed by atoms with Gasteiger partial charge in [0.25, 0.3) is 0 Å². The minimum atomic E-state index is -0.197. The van der Waals surface area contributed by atoms with Crippen LogP contribution in [-0.2, 0) is 16.1 Å². The molecular formula is C22H25N3O2. The number of nitrogens with one attached hydrogen (secondary N) is 1. The van der Waals surface area contributed by atoms with Crippen LogP contribution in [0.15, 0.2) is 48.5 Å². The van der Waals surface area contributed by atoms with E-state index < -0.39 is 0 Å². The predicted molar refractivity (Wildman–Crippen MR) is 109 cm³/mol. The van der Waals surface area contributed by atoms with Crippen LogP contribution in [0.5, 0.6) is 0 Å². The van der Waals surface area contributed by atoms with Crippen molar-refractivity contribution in [3.63, 3.8) is 0 Å². The summed E-state index contributed by atoms with van der Waals surface area (Å²) in [7, 11) is 1.66. The number of fused-ring (bicyclic) bond motifs is 1. The minimum Gasteiger partial charge on any atom is -0.335 e. The highest BCUT2D eigenvalue weighted by Gasteiger charge is 2.16. The molecule has 0 aliphatic carbocycles. The van der Waals surface area contributed by atoms with Gasteiger partial charge >= 0.3 is 0 Å². The zero-order valence-electron chi connectivity index (χ0n) is 16.2. The largest absolute Gasteiger partial charge is 0.335 e. The van der Waals surface area contributed by atoms with Crippen LogP contribution in [0.1, 0.15) is 16.8 Å². The van der Waals surface area contributed by atoms with Crippen LogP contribution in [0, 0.1) is 20.8 Å². The monoisotopic (exact) mass is 363 g/mol. The number of rotatable bonds is 5. The SMILES string of the molecule is Cc1cccc(C)c1NC(=O)CN(C)C(=O)Cn1c(C)cc2ccccc21. The fourth-order valence-corrected chi connectivity index (χ4v) is 3.31. The zero-order chi connectivity index (χ0) is 19.6. The summed E-state index contributed by atoms with van der Waals surface area (Å²) in [6.45, 7) is 6.13. The third-order valence-corrected chi connectivity index (χ3v) is 4.86. The first-order valence-corrected chi connectivity index (χ1v) is 9.01. The second kappa shape index (κ2) is 7.66. The number of carbonyl (C=O) groups is 2. The maximum atomic E-state index is 12.7. The molecule has 0 bridgehead atoms. The minimum absolute atomic E-state index is 0.0187. The van der Waals surface area contributed by atoms with Crippen LogP contribution in [0.3, 0.4) is 0 Å². The molecular weight excluding hydrogens is 338 g/mol. The summed E-state index contributed by atoms with van der Waals surface area (Å²) in [5.74, 6) is -0.298. The van der Waals surface area contributed by atoms with Gasteiger partial charge in [-0.1, -0.05) is 36.4 Å². The Bertz CT molecular complexity index is 984. The fourth-order valence-electron chi connectivity index (χ4n) is 3.31. The molecule has 1 heterocycles. The van der Waals surface area contributed by atoms with E-state index in [2.05, 4.69) is 11.4 Å². The second-order valence-corrected chi connectivity index (χ2v) is 7.00. The number of amides is 2. The Morgan fingerprint density at radius 2 is 1.67 bits per heavy atom. The first-order chi connectivity index (χ1) is 12.9. The standard InChI is InChI=1S/C22H25N3O2/c1-15-8-7-9-16(2)22(15)23-20(26)13-24(4)21(27)14-25-17(3)12-18-10-5-6-11-19(18)25/h5-12H,13-14H2,1-4H3,(H,23,26). The normalized spacial score (nSPS) is 10.8. The molecule has 5 nitrogen and oxygen atoms in total. The van der Waals surface area contributed by atoms with E-state index in [0.29, 0.717) is 0 Å². The lowest BCUT2D eigenvalue weighted by atomic mass is 10.1. The molecule has 0 saturated heterocycles. The highest BCUT2D eigenvalue weighted by molar-refractivity contribution is 5.96. The maximum absolute atomic E-state index is 12.7. The molecule has 0 spiro atoms. The van der Waals surface area contributed by atoms with Crippen molar-refractivity contribution in [3.8, 4) is 0 Å². The molecule has 3 rings (SSSR count). The van der Waals surface area contributed by atoms with E-state index in [1.54, 1.807) is 7.05 Å². The maximum Gasteiger partial charge on any atom is 0.243 e. The lowest BCUT2D eigenvalue weighted by Crippen LogP contribution is -2.37. The van der Waals surface area contributed by atoms with Crippen LogP contribution in [-0.4, -0.2) is 34.9 Å². The van der Waals surface area contributed by atoms with Crippen molar-refractivity contribution in [1.29, 1.82) is 0 Å². The summed E-state index contributed by atoms with van der Waals surface area (Å²) in [6.07, 6.45) is 0. The van der Waals surface area contributed by atoms with Crippen LogP contribution in [0.25, 0.3) is 10.9 Å². The third kappa shape index (κ3) is 4.03. The summed E-state index contributed by atoms with van der Waals surface area (Å²) in [6, 6.07) is 15.9. The summed E-state index contributed by atoms with van der Waals surface area (Å²) in [4.78, 5) is 26.5. The predicted octanol–water partition coefficient (Wildman–Crippen LogP) is 3.66. The first-order valence-electron chi connectivity index (χ1n) is 9.01. The Balaban J connectivity index is 1.67. The van der Waals surface area contributed by atoms with Crippen molar-refractivity contribution in [1.82, 2.24) is 9.47 Å². The topological polar surface area (TPSA) is 54.3 Å². The van der Waals surface area contributed by atoms with Crippen LogP contribution in [0.2, 0.25) is 0 Å². The zero-order valence-corrected chi connectivity index (χ0v) is 16.2. The number of hydrogen-bond acceptors (Lipinski definition) is 2. The van der Waals surface area contributed by atoms with Crippen molar-refractivity contribution >= 4 is 28.4 Å². The molecule has 27 heavy (non-hydrogen) atoms. The Kier molecular flexibility index (Phi) is 5.31. The van der Waals surface area contributed by atoms with Gasteiger partial charge in [0.15, 0.2) is 0 Å². The molecule has 0 fully saturated rings. The van der Waals surface area contributed by atoms with Crippen LogP contribution < -0.4 is 5.32 Å². The molecule has 5 heteroatoms. The van der Waals surface area contributed by atoms with Crippen molar-refractivity contribution in [2.24, 2.45) is 0 Å². The van der Waals surface area contributed by atoms with Crippen molar-refractivity contribution < 1.29 is 9.59 Å². The van der Waals surface area contributed by atoms with Crippen LogP contribution in [0.4, 0.5) is 5.69 Å². The molecule has 0 saturated carbocycles. The van der Waals surface area contributed by atoms with E-state index in [4.69, 9.17) is 0 Å². The molecule has 0 radical (unpaired) electrons. The Morgan fingerprint density at radius 1 is 1.00 bits per heavy atom. The van der Waals surface area contributed by atoms with E-state index >= 15 is 0 Å². The average molecular weight is 363 g/mol. The highest BCUT2D eigenvalue weighted by atomic mass is 16.2. The van der Waals surface area contributed by atoms with E-state index in [-0.39, 0.29) is 24.9 Å². The van der Waals surface area contributed by atoms with Gasteiger partial charge in [-0.3, -0.25) is 9.59 Å². The molecule has 0 atom stereocenters. The molecule has 0 aliphatic rings. The third-order valence-electron chi connectivity index (χ3n) is 4.86. The first kappa shape index (κ1) is 18.7. The van der Waals surface area contributed by atoms with Gasteiger partial charge in [0.1, 0.15) is 6.54 Å². The molecule has 2 aromatic carbocycles. The van der Waals surface area contributed by atoms with Crippen molar-refractivity contribution in [3.05, 3.63) is 65.4 Å². The number of aromatic nitrogens is 1. The number of carbonyl (C=O) groups excluding carboxylic acids is 2. The van der Waals surface area contributed by atoms with Gasteiger partial charge in [0, 0.05) is 23.9 Å². The Hall–Kier alpha value is -3.08. The molecule has 3 aromatic rings. The number of anilines is 1. The molecule has 1 N–H and O–H groups in total. The van der Waals surface area contributed by atoms with Gasteiger partial charge in [-0.25, -0.2) is 0 Å². The number of likely N-dealkylation sites (N-methyl/N-ethyl adjacent to an activating group) is 1. The fraction of sp³-hybridized carbons (Fsp3) is 0.273. The molecule has 0 aliphatic heterocycles. The van der Waals surface area contributed by atoms with Gasteiger partial charge in [-0.05, 0) is 49.4 Å². The van der Waals surface area contributed by atoms with Gasteiger partial charge in [-0.15, -0.1) is 0 Å². The summed E-state index contributed by atoms with van der Waals surface area (Å²) >= 11 is 0. The summed E-state index contributed by atoms with van der Waals surface area (Å²) in [5.41, 5.74) is 4.88.